The summed E-state index contributed by atoms with van der Waals surface area (Å²) in [4.78, 5) is 0. The van der Waals surface area contributed by atoms with Gasteiger partial charge in [-0.3, -0.25) is 0 Å². The van der Waals surface area contributed by atoms with Gasteiger partial charge < -0.3 is 9.47 Å². The van der Waals surface area contributed by atoms with Crippen molar-refractivity contribution >= 4 is 11.1 Å². The number of halogens is 3. The van der Waals surface area contributed by atoms with E-state index in [2.05, 4.69) is 0 Å². The Labute approximate surface area is 203 Å². The average molecular weight is 475 g/mol. The molecule has 0 fully saturated rings. The minimum absolute atomic E-state index is 0.120. The summed E-state index contributed by atoms with van der Waals surface area (Å²) >= 11 is 0. The van der Waals surface area contributed by atoms with Gasteiger partial charge in [0, 0.05) is 5.57 Å². The molecule has 0 radical (unpaired) electrons. The zero-order valence-electron chi connectivity index (χ0n) is 19.0. The Morgan fingerprint density at radius 1 is 0.571 bits per heavy atom. The molecule has 4 rings (SSSR count). The molecule has 0 saturated heterocycles. The summed E-state index contributed by atoms with van der Waals surface area (Å²) in [6, 6.07) is 33.1. The minimum atomic E-state index is -4.54. The molecule has 0 heterocycles. The van der Waals surface area contributed by atoms with Crippen LogP contribution in [0.5, 0.6) is 5.75 Å². The molecule has 0 amide bonds. The van der Waals surface area contributed by atoms with E-state index in [0.29, 0.717) is 36.7 Å². The van der Waals surface area contributed by atoms with Crippen LogP contribution in [0.1, 0.15) is 22.3 Å². The summed E-state index contributed by atoms with van der Waals surface area (Å²) < 4.78 is 54.5. The highest BCUT2D eigenvalue weighted by atomic mass is 19.4. The van der Waals surface area contributed by atoms with Crippen molar-refractivity contribution in [1.82, 2.24) is 0 Å². The molecule has 0 saturated carbocycles. The summed E-state index contributed by atoms with van der Waals surface area (Å²) in [6.45, 7) is 1.23. The second-order valence-corrected chi connectivity index (χ2v) is 7.89. The van der Waals surface area contributed by atoms with E-state index in [9.17, 15) is 13.2 Å². The highest BCUT2D eigenvalue weighted by Gasteiger charge is 2.38. The molecule has 178 valence electrons. The van der Waals surface area contributed by atoms with Crippen LogP contribution in [0.15, 0.2) is 115 Å². The van der Waals surface area contributed by atoms with Crippen molar-refractivity contribution in [3.05, 3.63) is 138 Å². The van der Waals surface area contributed by atoms with E-state index in [1.165, 1.54) is 12.1 Å². The number of ether oxygens (including phenoxy) is 2. The van der Waals surface area contributed by atoms with Gasteiger partial charge >= 0.3 is 6.18 Å². The molecule has 2 nitrogen and oxygen atoms in total. The Hall–Kier alpha value is -3.83. The SMILES string of the molecule is FC(F)(F)C(=C(c1ccccc1)c1ccc(OCCOCc2ccccc2)cc1)c1ccccc1. The first-order valence-corrected chi connectivity index (χ1v) is 11.3. The third-order valence-electron chi connectivity index (χ3n) is 5.41. The van der Waals surface area contributed by atoms with Gasteiger partial charge in [-0.25, -0.2) is 0 Å². The fraction of sp³-hybridized carbons (Fsp3) is 0.133. The van der Waals surface area contributed by atoms with E-state index in [-0.39, 0.29) is 11.1 Å². The first kappa shape index (κ1) is 24.3. The van der Waals surface area contributed by atoms with Crippen LogP contribution in [0.3, 0.4) is 0 Å². The fourth-order valence-corrected chi connectivity index (χ4v) is 3.82. The predicted molar refractivity (Wildman–Crippen MR) is 133 cm³/mol. The van der Waals surface area contributed by atoms with Gasteiger partial charge in [0.15, 0.2) is 0 Å². The zero-order chi connectivity index (χ0) is 24.5. The quantitative estimate of drug-likeness (QED) is 0.182. The van der Waals surface area contributed by atoms with Gasteiger partial charge in [0.1, 0.15) is 12.4 Å². The third-order valence-corrected chi connectivity index (χ3v) is 5.41. The number of hydrogen-bond donors (Lipinski definition) is 0. The lowest BCUT2D eigenvalue weighted by Gasteiger charge is -2.20. The maximum absolute atomic E-state index is 14.4. The molecule has 0 atom stereocenters. The van der Waals surface area contributed by atoms with E-state index in [0.717, 1.165) is 5.56 Å². The van der Waals surface area contributed by atoms with Crippen molar-refractivity contribution in [2.24, 2.45) is 0 Å². The van der Waals surface area contributed by atoms with Gasteiger partial charge in [-0.2, -0.15) is 13.2 Å². The van der Waals surface area contributed by atoms with Crippen molar-refractivity contribution in [3.8, 4) is 5.75 Å². The molecule has 5 heteroatoms. The summed E-state index contributed by atoms with van der Waals surface area (Å²) in [5.74, 6) is 0.567. The highest BCUT2D eigenvalue weighted by molar-refractivity contribution is 6.00. The van der Waals surface area contributed by atoms with E-state index in [1.807, 2.05) is 30.3 Å². The largest absolute Gasteiger partial charge is 0.491 e. The fourth-order valence-electron chi connectivity index (χ4n) is 3.82. The van der Waals surface area contributed by atoms with E-state index >= 15 is 0 Å². The first-order chi connectivity index (χ1) is 17.0. The molecule has 0 N–H and O–H groups in total. The van der Waals surface area contributed by atoms with Crippen molar-refractivity contribution in [2.45, 2.75) is 12.8 Å². The molecule has 0 unspecified atom stereocenters. The van der Waals surface area contributed by atoms with Crippen molar-refractivity contribution in [2.75, 3.05) is 13.2 Å². The molecule has 0 aliphatic rings. The zero-order valence-corrected chi connectivity index (χ0v) is 19.0. The lowest BCUT2D eigenvalue weighted by Crippen LogP contribution is -2.14. The normalized spacial score (nSPS) is 12.2. The van der Waals surface area contributed by atoms with E-state index in [1.54, 1.807) is 72.8 Å². The maximum atomic E-state index is 14.4. The number of alkyl halides is 3. The van der Waals surface area contributed by atoms with Gasteiger partial charge in [0.2, 0.25) is 0 Å². The maximum Gasteiger partial charge on any atom is 0.417 e. The Kier molecular flexibility index (Phi) is 8.01. The Morgan fingerprint density at radius 2 is 1.09 bits per heavy atom. The van der Waals surface area contributed by atoms with Crippen molar-refractivity contribution in [3.63, 3.8) is 0 Å². The predicted octanol–water partition coefficient (Wildman–Crippen LogP) is 7.80. The highest BCUT2D eigenvalue weighted by Crippen LogP contribution is 2.42. The Bertz CT molecular complexity index is 1220. The van der Waals surface area contributed by atoms with Crippen LogP contribution in [-0.2, 0) is 11.3 Å². The van der Waals surface area contributed by atoms with Crippen LogP contribution in [0.2, 0.25) is 0 Å². The Morgan fingerprint density at radius 3 is 1.66 bits per heavy atom. The standard InChI is InChI=1S/C30H25F3O2/c31-30(32,33)29(26-14-8-3-9-15-26)28(24-12-6-2-7-13-24)25-16-18-27(19-17-25)35-21-20-34-22-23-10-4-1-5-11-23/h1-19H,20-22H2. The summed E-state index contributed by atoms with van der Waals surface area (Å²) in [6.07, 6.45) is -4.54. The van der Waals surface area contributed by atoms with Crippen molar-refractivity contribution in [1.29, 1.82) is 0 Å². The molecule has 0 aromatic heterocycles. The second kappa shape index (κ2) is 11.5. The average Bonchev–Trinajstić information content (AvgIpc) is 2.88. The minimum Gasteiger partial charge on any atom is -0.491 e. The van der Waals surface area contributed by atoms with Gasteiger partial charge in [-0.1, -0.05) is 103 Å². The first-order valence-electron chi connectivity index (χ1n) is 11.3. The number of hydrogen-bond acceptors (Lipinski definition) is 2. The monoisotopic (exact) mass is 474 g/mol. The smallest absolute Gasteiger partial charge is 0.417 e. The molecule has 0 aliphatic heterocycles. The van der Waals surface area contributed by atoms with Gasteiger partial charge in [-0.05, 0) is 34.4 Å². The second-order valence-electron chi connectivity index (χ2n) is 7.89. The molecular formula is C30H25F3O2. The van der Waals surface area contributed by atoms with Gasteiger partial charge in [-0.15, -0.1) is 0 Å². The summed E-state index contributed by atoms with van der Waals surface area (Å²) in [5.41, 5.74) is 1.60. The number of benzene rings is 4. The molecule has 0 spiro atoms. The van der Waals surface area contributed by atoms with Crippen LogP contribution >= 0.6 is 0 Å². The Balaban J connectivity index is 1.55. The number of rotatable bonds is 9. The van der Waals surface area contributed by atoms with Crippen LogP contribution in [-0.4, -0.2) is 19.4 Å². The van der Waals surface area contributed by atoms with E-state index in [4.69, 9.17) is 9.47 Å². The molecule has 4 aromatic carbocycles. The number of allylic oxidation sites excluding steroid dienone is 1. The van der Waals surface area contributed by atoms with Crippen LogP contribution in [0, 0.1) is 0 Å². The molecule has 4 aromatic rings. The summed E-state index contributed by atoms with van der Waals surface area (Å²) in [7, 11) is 0. The molecule has 0 bridgehead atoms. The topological polar surface area (TPSA) is 18.5 Å². The third kappa shape index (κ3) is 6.61. The van der Waals surface area contributed by atoms with Gasteiger partial charge in [0.25, 0.3) is 0 Å². The lowest BCUT2D eigenvalue weighted by molar-refractivity contribution is -0.0685. The van der Waals surface area contributed by atoms with Crippen LogP contribution in [0.25, 0.3) is 11.1 Å². The van der Waals surface area contributed by atoms with Gasteiger partial charge in [0.05, 0.1) is 18.8 Å². The van der Waals surface area contributed by atoms with Crippen LogP contribution in [0.4, 0.5) is 13.2 Å². The lowest BCUT2D eigenvalue weighted by atomic mass is 9.89. The van der Waals surface area contributed by atoms with Crippen molar-refractivity contribution < 1.29 is 22.6 Å². The summed E-state index contributed by atoms with van der Waals surface area (Å²) in [5, 5.41) is 0. The van der Waals surface area contributed by atoms with Crippen LogP contribution < -0.4 is 4.74 Å². The molecule has 0 aliphatic carbocycles. The molecular weight excluding hydrogens is 449 g/mol. The van der Waals surface area contributed by atoms with E-state index < -0.39 is 11.7 Å². The molecule has 35 heavy (non-hydrogen) atoms.